The van der Waals surface area contributed by atoms with Crippen molar-refractivity contribution in [3.63, 3.8) is 0 Å². The molecule has 0 spiro atoms. The van der Waals surface area contributed by atoms with E-state index in [9.17, 15) is 23.1 Å². The second-order valence-electron chi connectivity index (χ2n) is 13.3. The standard InChI is InChI=1S/C24H34N2O3S.C12H19NO4/c1-5-7-13-24(6-2)16-30(28,29)21-12-11-19(26(3)4)15-20(21)22(23(24)27)17-9-8-10-18(25)14-17;1-5-10-7(2)8(3)11(16-9(4)15)12(17-10)13-6-14/h8-12,14-15,22-23,27H,5-7,13,16,25H2,1-4H3;7-8,10-12H,5H2,1-4H3/t22-,23-,24-;7-,8-,10+,11+,12+/m10/s1. The first-order chi connectivity index (χ1) is 22.2. The molecule has 8 atom stereocenters. The number of benzene rings is 2. The number of aliphatic hydroxyl groups is 1. The van der Waals surface area contributed by atoms with E-state index in [0.717, 1.165) is 30.5 Å². The van der Waals surface area contributed by atoms with Crippen LogP contribution in [-0.2, 0) is 28.9 Å². The van der Waals surface area contributed by atoms with Crippen molar-refractivity contribution < 1.29 is 32.6 Å². The summed E-state index contributed by atoms with van der Waals surface area (Å²) in [7, 11) is 0.289. The highest BCUT2D eigenvalue weighted by atomic mass is 32.2. The fraction of sp³-hybridized carbons (Fsp3) is 0.611. The Kier molecular flexibility index (Phi) is 13.2. The number of carbonyl (C=O) groups excluding carboxylic acids is 2. The van der Waals surface area contributed by atoms with Gasteiger partial charge in [-0.3, -0.25) is 4.79 Å². The van der Waals surface area contributed by atoms with Crippen molar-refractivity contribution in [2.45, 2.75) is 109 Å². The van der Waals surface area contributed by atoms with E-state index < -0.39 is 45.6 Å². The van der Waals surface area contributed by atoms with Crippen LogP contribution in [-0.4, -0.2) is 70.0 Å². The maximum absolute atomic E-state index is 13.6. The number of nitrogens with two attached hydrogens (primary N) is 1. The smallest absolute Gasteiger partial charge is 0.303 e. The Bertz CT molecular complexity index is 1520. The van der Waals surface area contributed by atoms with Crippen molar-refractivity contribution in [2.24, 2.45) is 22.2 Å². The van der Waals surface area contributed by atoms with Crippen molar-refractivity contribution in [3.05, 3.63) is 53.6 Å². The van der Waals surface area contributed by atoms with Crippen molar-refractivity contribution >= 4 is 33.3 Å². The number of carbonyl (C=O) groups is 1. The average molecular weight is 672 g/mol. The van der Waals surface area contributed by atoms with Gasteiger partial charge in [0.2, 0.25) is 6.08 Å². The number of anilines is 2. The van der Waals surface area contributed by atoms with Crippen LogP contribution in [0.1, 0.15) is 90.7 Å². The first-order valence-electron chi connectivity index (χ1n) is 16.6. The molecule has 1 fully saturated rings. The molecule has 0 bridgehead atoms. The minimum absolute atomic E-state index is 0.0268. The lowest BCUT2D eigenvalue weighted by Gasteiger charge is -2.41. The molecule has 0 amide bonds. The number of hydrogen-bond acceptors (Lipinski definition) is 10. The predicted molar refractivity (Wildman–Crippen MR) is 185 cm³/mol. The zero-order chi connectivity index (χ0) is 35.1. The molecular weight excluding hydrogens is 618 g/mol. The maximum atomic E-state index is 13.6. The van der Waals surface area contributed by atoms with Crippen LogP contribution < -0.4 is 10.6 Å². The quantitative estimate of drug-likeness (QED) is 0.145. The summed E-state index contributed by atoms with van der Waals surface area (Å²) in [5.74, 6) is -0.538. The summed E-state index contributed by atoms with van der Waals surface area (Å²) in [6, 6.07) is 12.9. The van der Waals surface area contributed by atoms with Crippen LogP contribution in [0.2, 0.25) is 0 Å². The SMILES string of the molecule is CCCC[C@]1(CC)CS(=O)(=O)c2ccc(N(C)C)cc2[C@@H](c2cccc(N)c2)[C@H]1O.CC[C@H]1O[C@@H](N=C=O)[C@H](OC(C)=O)[C@@H](C)[C@@H]1C. The van der Waals surface area contributed by atoms with E-state index in [2.05, 4.69) is 18.8 Å². The lowest BCUT2D eigenvalue weighted by atomic mass is 9.69. The average Bonchev–Trinajstić information content (AvgIpc) is 3.09. The minimum atomic E-state index is -3.56. The van der Waals surface area contributed by atoms with E-state index in [1.165, 1.54) is 13.0 Å². The van der Waals surface area contributed by atoms with E-state index in [1.807, 2.05) is 76.2 Å². The number of aliphatic hydroxyl groups excluding tert-OH is 1. The third-order valence-corrected chi connectivity index (χ3v) is 12.0. The van der Waals surface area contributed by atoms with Crippen LogP contribution >= 0.6 is 0 Å². The largest absolute Gasteiger partial charge is 0.457 e. The third-order valence-electron chi connectivity index (χ3n) is 10.0. The number of ether oxygens (including phenoxy) is 2. The van der Waals surface area contributed by atoms with Crippen LogP contribution in [0.25, 0.3) is 0 Å². The van der Waals surface area contributed by atoms with Gasteiger partial charge in [0.05, 0.1) is 22.9 Å². The number of isocyanates is 1. The van der Waals surface area contributed by atoms with Gasteiger partial charge >= 0.3 is 5.97 Å². The normalized spacial score (nSPS) is 29.6. The summed E-state index contributed by atoms with van der Waals surface area (Å²) in [5.41, 5.74) is 8.39. The van der Waals surface area contributed by atoms with Gasteiger partial charge in [-0.2, -0.15) is 4.99 Å². The second-order valence-corrected chi connectivity index (χ2v) is 15.2. The molecule has 4 rings (SSSR count). The molecule has 11 heteroatoms. The molecule has 260 valence electrons. The maximum Gasteiger partial charge on any atom is 0.303 e. The van der Waals surface area contributed by atoms with Gasteiger partial charge in [0.1, 0.15) is 0 Å². The van der Waals surface area contributed by atoms with Gasteiger partial charge in [0.15, 0.2) is 22.2 Å². The molecule has 0 aliphatic carbocycles. The Labute approximate surface area is 280 Å². The lowest BCUT2D eigenvalue weighted by molar-refractivity contribution is -0.192. The van der Waals surface area contributed by atoms with Gasteiger partial charge in [-0.15, -0.1) is 0 Å². The summed E-state index contributed by atoms with van der Waals surface area (Å²) < 4.78 is 38.0. The predicted octanol–water partition coefficient (Wildman–Crippen LogP) is 5.86. The van der Waals surface area contributed by atoms with Crippen molar-refractivity contribution in [2.75, 3.05) is 30.5 Å². The Balaban J connectivity index is 0.000000300. The molecule has 2 aromatic rings. The van der Waals surface area contributed by atoms with Gasteiger partial charge in [-0.05, 0) is 66.6 Å². The molecule has 2 heterocycles. The molecule has 2 aliphatic rings. The van der Waals surface area contributed by atoms with E-state index in [4.69, 9.17) is 15.2 Å². The molecule has 0 aromatic heterocycles. The van der Waals surface area contributed by atoms with E-state index in [-0.39, 0.29) is 23.7 Å². The zero-order valence-corrected chi connectivity index (χ0v) is 29.9. The van der Waals surface area contributed by atoms with E-state index >= 15 is 0 Å². The summed E-state index contributed by atoms with van der Waals surface area (Å²) in [4.78, 5) is 27.3. The second kappa shape index (κ2) is 16.2. The molecule has 0 unspecified atom stereocenters. The highest BCUT2D eigenvalue weighted by Crippen LogP contribution is 2.49. The molecule has 3 N–H and O–H groups in total. The van der Waals surface area contributed by atoms with Crippen molar-refractivity contribution in [3.8, 4) is 0 Å². The van der Waals surface area contributed by atoms with Crippen LogP contribution in [0.5, 0.6) is 0 Å². The third kappa shape index (κ3) is 8.62. The Morgan fingerprint density at radius 3 is 2.40 bits per heavy atom. The lowest BCUT2D eigenvalue weighted by Crippen LogP contribution is -2.50. The number of nitrogen functional groups attached to an aromatic ring is 1. The van der Waals surface area contributed by atoms with Gasteiger partial charge < -0.3 is 25.2 Å². The molecule has 0 radical (unpaired) electrons. The van der Waals surface area contributed by atoms with Gasteiger partial charge in [0.25, 0.3) is 0 Å². The molecule has 10 nitrogen and oxygen atoms in total. The van der Waals surface area contributed by atoms with E-state index in [0.29, 0.717) is 29.0 Å². The topological polar surface area (TPSA) is 149 Å². The molecule has 2 aliphatic heterocycles. The number of rotatable bonds is 9. The number of sulfone groups is 1. The number of hydrogen-bond donors (Lipinski definition) is 2. The Morgan fingerprint density at radius 1 is 1.15 bits per heavy atom. The number of nitrogens with zero attached hydrogens (tertiary/aromatic N) is 2. The monoisotopic (exact) mass is 671 g/mol. The molecule has 1 saturated heterocycles. The van der Waals surface area contributed by atoms with Gasteiger partial charge in [-0.1, -0.05) is 59.6 Å². The number of unbranched alkanes of at least 4 members (excludes halogenated alkanes) is 1. The minimum Gasteiger partial charge on any atom is -0.457 e. The molecule has 2 aromatic carbocycles. The highest BCUT2D eigenvalue weighted by molar-refractivity contribution is 7.91. The summed E-state index contributed by atoms with van der Waals surface area (Å²) in [5, 5.41) is 11.8. The summed E-state index contributed by atoms with van der Waals surface area (Å²) >= 11 is 0. The fourth-order valence-electron chi connectivity index (χ4n) is 7.02. The fourth-order valence-corrected chi connectivity index (χ4v) is 9.27. The summed E-state index contributed by atoms with van der Waals surface area (Å²) in [6.07, 6.45) is 3.38. The zero-order valence-electron chi connectivity index (χ0n) is 29.1. The Hall–Kier alpha value is -3.24. The Morgan fingerprint density at radius 2 is 1.85 bits per heavy atom. The first kappa shape index (κ1) is 38.2. The molecule has 0 saturated carbocycles. The van der Waals surface area contributed by atoms with Crippen LogP contribution in [0.3, 0.4) is 0 Å². The van der Waals surface area contributed by atoms with Gasteiger partial charge in [-0.25, -0.2) is 13.2 Å². The van der Waals surface area contributed by atoms with Crippen LogP contribution in [0.4, 0.5) is 11.4 Å². The number of fused-ring (bicyclic) bond motifs is 1. The van der Waals surface area contributed by atoms with E-state index in [1.54, 1.807) is 6.07 Å². The van der Waals surface area contributed by atoms with Crippen molar-refractivity contribution in [1.29, 1.82) is 0 Å². The highest BCUT2D eigenvalue weighted by Gasteiger charge is 2.49. The van der Waals surface area contributed by atoms with Crippen LogP contribution in [0, 0.1) is 17.3 Å². The van der Waals surface area contributed by atoms with Crippen LogP contribution in [0.15, 0.2) is 52.4 Å². The molecule has 47 heavy (non-hydrogen) atoms. The first-order valence-corrected chi connectivity index (χ1v) is 18.3. The summed E-state index contributed by atoms with van der Waals surface area (Å²) in [6.45, 7) is 11.5. The van der Waals surface area contributed by atoms with Crippen molar-refractivity contribution in [1.82, 2.24) is 0 Å². The number of aliphatic imine (C=N–C) groups is 1. The number of esters is 1. The van der Waals surface area contributed by atoms with Gasteiger partial charge in [0, 0.05) is 49.6 Å². The molecular formula is C36H53N3O7S.